The van der Waals surface area contributed by atoms with E-state index >= 15 is 0 Å². The fourth-order valence-corrected chi connectivity index (χ4v) is 2.64. The van der Waals surface area contributed by atoms with Crippen LogP contribution in [-0.2, 0) is 11.2 Å². The van der Waals surface area contributed by atoms with Crippen molar-refractivity contribution in [3.05, 3.63) is 84.1 Å². The van der Waals surface area contributed by atoms with Crippen LogP contribution in [0.4, 0.5) is 0 Å². The van der Waals surface area contributed by atoms with Crippen molar-refractivity contribution in [2.45, 2.75) is 12.8 Å². The van der Waals surface area contributed by atoms with Gasteiger partial charge >= 0.3 is 0 Å². The van der Waals surface area contributed by atoms with E-state index in [4.69, 9.17) is 0 Å². The van der Waals surface area contributed by atoms with Crippen LogP contribution in [-0.4, -0.2) is 17.4 Å². The number of nitrogens with one attached hydrogen (secondary N) is 1. The highest BCUT2D eigenvalue weighted by molar-refractivity contribution is 5.95. The van der Waals surface area contributed by atoms with Crippen LogP contribution in [0.3, 0.4) is 0 Å². The van der Waals surface area contributed by atoms with Crippen LogP contribution in [0.5, 0.6) is 0 Å². The summed E-state index contributed by atoms with van der Waals surface area (Å²) in [5.74, 6) is -0.0732. The fourth-order valence-electron chi connectivity index (χ4n) is 2.64. The van der Waals surface area contributed by atoms with E-state index in [1.165, 1.54) is 5.56 Å². The zero-order valence-electron chi connectivity index (χ0n) is 13.5. The Morgan fingerprint density at radius 1 is 1.00 bits per heavy atom. The van der Waals surface area contributed by atoms with E-state index in [-0.39, 0.29) is 5.91 Å². The van der Waals surface area contributed by atoms with Gasteiger partial charge in [0.2, 0.25) is 5.91 Å². The molecule has 1 aromatic heterocycles. The summed E-state index contributed by atoms with van der Waals surface area (Å²) in [6.45, 7) is 0.672. The number of pyridine rings is 1. The van der Waals surface area contributed by atoms with Gasteiger partial charge in [-0.3, -0.25) is 9.78 Å². The number of amides is 1. The average molecular weight is 316 g/mol. The molecule has 0 aliphatic rings. The fraction of sp³-hybridized carbons (Fsp3) is 0.143. The molecule has 0 unspecified atom stereocenters. The molecule has 1 amide bonds. The van der Waals surface area contributed by atoms with Crippen molar-refractivity contribution in [1.29, 1.82) is 0 Å². The lowest BCUT2D eigenvalue weighted by molar-refractivity contribution is -0.116. The third-order valence-electron chi connectivity index (χ3n) is 3.86. The number of para-hydroxylation sites is 1. The minimum Gasteiger partial charge on any atom is -0.353 e. The van der Waals surface area contributed by atoms with Gasteiger partial charge in [0.25, 0.3) is 0 Å². The highest BCUT2D eigenvalue weighted by atomic mass is 16.1. The van der Waals surface area contributed by atoms with Crippen LogP contribution in [0.1, 0.15) is 17.5 Å². The monoisotopic (exact) mass is 316 g/mol. The maximum Gasteiger partial charge on any atom is 0.244 e. The lowest BCUT2D eigenvalue weighted by Gasteiger charge is -2.03. The second-order valence-corrected chi connectivity index (χ2v) is 5.64. The summed E-state index contributed by atoms with van der Waals surface area (Å²) in [7, 11) is 0. The Kier molecular flexibility index (Phi) is 5.36. The summed E-state index contributed by atoms with van der Waals surface area (Å²) < 4.78 is 0. The molecule has 1 N–H and O–H groups in total. The first kappa shape index (κ1) is 15.9. The summed E-state index contributed by atoms with van der Waals surface area (Å²) in [6, 6.07) is 20.2. The number of hydrogen-bond acceptors (Lipinski definition) is 2. The van der Waals surface area contributed by atoms with Gasteiger partial charge < -0.3 is 5.32 Å². The molecule has 1 heterocycles. The number of nitrogens with zero attached hydrogens (tertiary/aromatic N) is 1. The molecule has 0 aliphatic carbocycles. The molecule has 0 atom stereocenters. The third-order valence-corrected chi connectivity index (χ3v) is 3.86. The van der Waals surface area contributed by atoms with Gasteiger partial charge in [0.1, 0.15) is 0 Å². The predicted molar refractivity (Wildman–Crippen MR) is 98.5 cm³/mol. The number of benzene rings is 2. The average Bonchev–Trinajstić information content (AvgIpc) is 2.64. The zero-order valence-corrected chi connectivity index (χ0v) is 13.5. The number of rotatable bonds is 6. The summed E-state index contributed by atoms with van der Waals surface area (Å²) in [5.41, 5.74) is 3.16. The van der Waals surface area contributed by atoms with Crippen molar-refractivity contribution in [2.75, 3.05) is 6.54 Å². The second-order valence-electron chi connectivity index (χ2n) is 5.64. The van der Waals surface area contributed by atoms with Crippen LogP contribution in [0.15, 0.2) is 72.9 Å². The molecule has 3 nitrogen and oxygen atoms in total. The molecular weight excluding hydrogens is 296 g/mol. The Labute approximate surface area is 142 Å². The minimum atomic E-state index is -0.0732. The van der Waals surface area contributed by atoms with Gasteiger partial charge in [-0.25, -0.2) is 0 Å². The Balaban J connectivity index is 1.52. The first-order chi connectivity index (χ1) is 11.8. The first-order valence-corrected chi connectivity index (χ1v) is 8.16. The molecule has 3 rings (SSSR count). The Morgan fingerprint density at radius 2 is 1.83 bits per heavy atom. The smallest absolute Gasteiger partial charge is 0.244 e. The van der Waals surface area contributed by atoms with Crippen molar-refractivity contribution >= 4 is 22.9 Å². The second kappa shape index (κ2) is 8.06. The number of hydrogen-bond donors (Lipinski definition) is 1. The molecule has 120 valence electrons. The molecule has 24 heavy (non-hydrogen) atoms. The van der Waals surface area contributed by atoms with E-state index in [0.29, 0.717) is 6.54 Å². The van der Waals surface area contributed by atoms with Gasteiger partial charge in [-0.05, 0) is 30.5 Å². The molecule has 3 aromatic rings. The predicted octanol–water partition coefficient (Wildman–Crippen LogP) is 4.00. The normalized spacial score (nSPS) is 11.0. The van der Waals surface area contributed by atoms with E-state index in [9.17, 15) is 4.79 Å². The molecule has 0 aliphatic heterocycles. The molecule has 3 heteroatoms. The number of fused-ring (bicyclic) bond motifs is 1. The van der Waals surface area contributed by atoms with Crippen molar-refractivity contribution in [2.24, 2.45) is 0 Å². The van der Waals surface area contributed by atoms with Gasteiger partial charge in [-0.15, -0.1) is 0 Å². The largest absolute Gasteiger partial charge is 0.353 e. The Bertz CT molecular complexity index is 835. The Morgan fingerprint density at radius 3 is 2.71 bits per heavy atom. The van der Waals surface area contributed by atoms with E-state index in [2.05, 4.69) is 22.4 Å². The molecule has 0 spiro atoms. The van der Waals surface area contributed by atoms with Gasteiger partial charge in [0.15, 0.2) is 0 Å². The summed E-state index contributed by atoms with van der Waals surface area (Å²) in [4.78, 5) is 16.3. The number of aromatic nitrogens is 1. The summed E-state index contributed by atoms with van der Waals surface area (Å²) >= 11 is 0. The number of carbonyl (C=O) groups excluding carboxylic acids is 1. The quantitative estimate of drug-likeness (QED) is 0.552. The van der Waals surface area contributed by atoms with Gasteiger partial charge in [0.05, 0.1) is 5.52 Å². The minimum absolute atomic E-state index is 0.0732. The molecule has 0 bridgehead atoms. The highest BCUT2D eigenvalue weighted by Gasteiger charge is 2.00. The Hall–Kier alpha value is -2.94. The first-order valence-electron chi connectivity index (χ1n) is 8.16. The van der Waals surface area contributed by atoms with E-state index in [1.807, 2.05) is 54.6 Å². The SMILES string of the molecule is O=C(/C=C/c1cccc2cccnc12)NCCCc1ccccc1. The van der Waals surface area contributed by atoms with Crippen LogP contribution < -0.4 is 5.32 Å². The molecule has 0 saturated carbocycles. The summed E-state index contributed by atoms with van der Waals surface area (Å²) in [6.07, 6.45) is 7.06. The molecule has 0 saturated heterocycles. The standard InChI is InChI=1S/C21H20N2O/c24-20(22-15-5-9-17-7-2-1-3-8-17)14-13-19-11-4-10-18-12-6-16-23-21(18)19/h1-4,6-8,10-14,16H,5,9,15H2,(H,22,24)/b14-13+. The van der Waals surface area contributed by atoms with Crippen molar-refractivity contribution < 1.29 is 4.79 Å². The lowest BCUT2D eigenvalue weighted by atomic mass is 10.1. The van der Waals surface area contributed by atoms with E-state index in [0.717, 1.165) is 29.3 Å². The van der Waals surface area contributed by atoms with E-state index < -0.39 is 0 Å². The van der Waals surface area contributed by atoms with Crippen LogP contribution in [0, 0.1) is 0 Å². The maximum absolute atomic E-state index is 11.9. The molecular formula is C21H20N2O. The summed E-state index contributed by atoms with van der Waals surface area (Å²) in [5, 5.41) is 4.00. The highest BCUT2D eigenvalue weighted by Crippen LogP contribution is 2.16. The van der Waals surface area contributed by atoms with Crippen molar-refractivity contribution in [1.82, 2.24) is 10.3 Å². The third kappa shape index (κ3) is 4.29. The molecule has 0 fully saturated rings. The van der Waals surface area contributed by atoms with Gasteiger partial charge in [-0.1, -0.05) is 54.6 Å². The lowest BCUT2D eigenvalue weighted by Crippen LogP contribution is -2.22. The van der Waals surface area contributed by atoms with Crippen LogP contribution in [0.25, 0.3) is 17.0 Å². The van der Waals surface area contributed by atoms with E-state index in [1.54, 1.807) is 12.3 Å². The number of aryl methyl sites for hydroxylation is 1. The zero-order chi connectivity index (χ0) is 16.6. The van der Waals surface area contributed by atoms with Gasteiger partial charge in [-0.2, -0.15) is 0 Å². The van der Waals surface area contributed by atoms with Crippen molar-refractivity contribution in [3.8, 4) is 0 Å². The van der Waals surface area contributed by atoms with Gasteiger partial charge in [0, 0.05) is 29.8 Å². The van der Waals surface area contributed by atoms with Crippen LogP contribution in [0.2, 0.25) is 0 Å². The molecule has 0 radical (unpaired) electrons. The van der Waals surface area contributed by atoms with Crippen molar-refractivity contribution in [3.63, 3.8) is 0 Å². The maximum atomic E-state index is 11.9. The number of carbonyl (C=O) groups is 1. The topological polar surface area (TPSA) is 42.0 Å². The molecule has 2 aromatic carbocycles. The van der Waals surface area contributed by atoms with Crippen LogP contribution >= 0.6 is 0 Å².